The van der Waals surface area contributed by atoms with E-state index in [-0.39, 0.29) is 0 Å². The smallest absolute Gasteiger partial charge is 0.0241 e. The van der Waals surface area contributed by atoms with E-state index in [2.05, 4.69) is 34.6 Å². The molecule has 0 saturated heterocycles. The fourth-order valence-corrected chi connectivity index (χ4v) is 7.13. The van der Waals surface area contributed by atoms with Crippen molar-refractivity contribution in [3.05, 3.63) is 0 Å². The molecule has 0 nitrogen and oxygen atoms in total. The third-order valence-corrected chi connectivity index (χ3v) is 8.36. The van der Waals surface area contributed by atoms with Crippen LogP contribution in [0.3, 0.4) is 0 Å². The lowest BCUT2D eigenvalue weighted by atomic mass is 9.47. The predicted octanol–water partition coefficient (Wildman–Crippen LogP) is 6.16. The largest absolute Gasteiger partial charge is 0.0622 e. The van der Waals surface area contributed by atoms with Crippen LogP contribution in [-0.2, 0) is 0 Å². The van der Waals surface area contributed by atoms with Gasteiger partial charge in [0.15, 0.2) is 0 Å². The van der Waals surface area contributed by atoms with Crippen LogP contribution in [0, 0.1) is 46.8 Å². The van der Waals surface area contributed by atoms with E-state index in [1.807, 2.05) is 0 Å². The summed E-state index contributed by atoms with van der Waals surface area (Å²) >= 11 is 0. The molecule has 7 unspecified atom stereocenters. The van der Waals surface area contributed by atoms with E-state index in [9.17, 15) is 0 Å². The molecule has 0 amide bonds. The number of rotatable bonds is 1. The van der Waals surface area contributed by atoms with Gasteiger partial charge in [-0.1, -0.05) is 66.7 Å². The Labute approximate surface area is 127 Å². The third-order valence-electron chi connectivity index (χ3n) is 8.36. The fraction of sp³-hybridized carbons (Fsp3) is 1.00. The van der Waals surface area contributed by atoms with Gasteiger partial charge in [-0.25, -0.2) is 0 Å². The third kappa shape index (κ3) is 2.08. The van der Waals surface area contributed by atoms with Gasteiger partial charge in [-0.2, -0.15) is 0 Å². The van der Waals surface area contributed by atoms with E-state index in [4.69, 9.17) is 0 Å². The molecule has 0 heteroatoms. The molecular weight excluding hydrogens is 240 g/mol. The molecule has 7 atom stereocenters. The van der Waals surface area contributed by atoms with Crippen LogP contribution in [0.4, 0.5) is 0 Å². The molecule has 116 valence electrons. The van der Waals surface area contributed by atoms with Crippen molar-refractivity contribution >= 4 is 0 Å². The Morgan fingerprint density at radius 1 is 0.800 bits per heavy atom. The first-order chi connectivity index (χ1) is 9.46. The van der Waals surface area contributed by atoms with Crippen molar-refractivity contribution < 1.29 is 0 Å². The zero-order chi connectivity index (χ0) is 14.5. The van der Waals surface area contributed by atoms with E-state index in [1.54, 1.807) is 0 Å². The Hall–Kier alpha value is 0. The lowest BCUT2D eigenvalue weighted by molar-refractivity contribution is -0.0919. The van der Waals surface area contributed by atoms with Crippen LogP contribution >= 0.6 is 0 Å². The molecule has 3 aliphatic carbocycles. The Bertz CT molecular complexity index is 334. The van der Waals surface area contributed by atoms with Crippen molar-refractivity contribution in [1.29, 1.82) is 0 Å². The zero-order valence-corrected chi connectivity index (χ0v) is 14.5. The fourth-order valence-electron chi connectivity index (χ4n) is 7.13. The molecular formula is C20H36. The SMILES string of the molecule is CC1CC2CCCC2C(C)C1C1(C)C(C)CCCC1C. The summed E-state index contributed by atoms with van der Waals surface area (Å²) in [5.41, 5.74) is 0.602. The second-order valence-electron chi connectivity index (χ2n) is 9.05. The van der Waals surface area contributed by atoms with Crippen molar-refractivity contribution in [2.75, 3.05) is 0 Å². The van der Waals surface area contributed by atoms with Crippen LogP contribution < -0.4 is 0 Å². The first-order valence-corrected chi connectivity index (χ1v) is 9.46. The average Bonchev–Trinajstić information content (AvgIpc) is 2.84. The molecule has 3 fully saturated rings. The highest BCUT2D eigenvalue weighted by Gasteiger charge is 2.53. The van der Waals surface area contributed by atoms with Crippen molar-refractivity contribution in [1.82, 2.24) is 0 Å². The van der Waals surface area contributed by atoms with Gasteiger partial charge in [-0.15, -0.1) is 0 Å². The number of hydrogen-bond donors (Lipinski definition) is 0. The van der Waals surface area contributed by atoms with Crippen molar-refractivity contribution in [2.45, 2.75) is 79.6 Å². The summed E-state index contributed by atoms with van der Waals surface area (Å²) in [6.07, 6.45) is 10.5. The van der Waals surface area contributed by atoms with Gasteiger partial charge in [-0.05, 0) is 59.7 Å². The monoisotopic (exact) mass is 276 g/mol. The second-order valence-corrected chi connectivity index (χ2v) is 9.05. The molecule has 3 saturated carbocycles. The van der Waals surface area contributed by atoms with Crippen LogP contribution in [0.2, 0.25) is 0 Å². The summed E-state index contributed by atoms with van der Waals surface area (Å²) in [7, 11) is 0. The van der Waals surface area contributed by atoms with Gasteiger partial charge < -0.3 is 0 Å². The Kier molecular flexibility index (Phi) is 3.97. The van der Waals surface area contributed by atoms with Crippen molar-refractivity contribution in [3.8, 4) is 0 Å². The topological polar surface area (TPSA) is 0 Å². The van der Waals surface area contributed by atoms with Gasteiger partial charge in [0.05, 0.1) is 0 Å². The first kappa shape index (κ1) is 14.9. The molecule has 3 aliphatic rings. The van der Waals surface area contributed by atoms with Crippen LogP contribution in [0.1, 0.15) is 79.6 Å². The van der Waals surface area contributed by atoms with Crippen LogP contribution in [0.5, 0.6) is 0 Å². The molecule has 3 rings (SSSR count). The second kappa shape index (κ2) is 5.33. The maximum absolute atomic E-state index is 2.68. The summed E-state index contributed by atoms with van der Waals surface area (Å²) in [5.74, 6) is 6.91. The van der Waals surface area contributed by atoms with Gasteiger partial charge >= 0.3 is 0 Å². The molecule has 0 aromatic rings. The minimum absolute atomic E-state index is 0.602. The lowest BCUT2D eigenvalue weighted by Gasteiger charge is -2.58. The molecule has 0 bridgehead atoms. The zero-order valence-electron chi connectivity index (χ0n) is 14.5. The molecule has 0 aliphatic heterocycles. The van der Waals surface area contributed by atoms with Crippen molar-refractivity contribution in [3.63, 3.8) is 0 Å². The highest BCUT2D eigenvalue weighted by atomic mass is 14.6. The summed E-state index contributed by atoms with van der Waals surface area (Å²) in [6.45, 7) is 13.0. The van der Waals surface area contributed by atoms with Crippen molar-refractivity contribution in [2.24, 2.45) is 46.8 Å². The minimum atomic E-state index is 0.602. The average molecular weight is 277 g/mol. The lowest BCUT2D eigenvalue weighted by Crippen LogP contribution is -2.51. The van der Waals surface area contributed by atoms with Crippen LogP contribution in [0.25, 0.3) is 0 Å². The van der Waals surface area contributed by atoms with Gasteiger partial charge in [0.1, 0.15) is 0 Å². The summed E-state index contributed by atoms with van der Waals surface area (Å²) < 4.78 is 0. The van der Waals surface area contributed by atoms with Gasteiger partial charge in [-0.3, -0.25) is 0 Å². The van der Waals surface area contributed by atoms with E-state index in [0.29, 0.717) is 5.41 Å². The number of hydrogen-bond acceptors (Lipinski definition) is 0. The van der Waals surface area contributed by atoms with Crippen LogP contribution in [0.15, 0.2) is 0 Å². The maximum Gasteiger partial charge on any atom is -0.0241 e. The van der Waals surface area contributed by atoms with E-state index in [0.717, 1.165) is 41.4 Å². The van der Waals surface area contributed by atoms with E-state index < -0.39 is 0 Å². The standard InChI is InChI=1S/C20H36/c1-13-12-17-10-7-11-18(17)16(4)19(13)20(5)14(2)8-6-9-15(20)3/h13-19H,6-12H2,1-5H3. The van der Waals surface area contributed by atoms with Gasteiger partial charge in [0.2, 0.25) is 0 Å². The molecule has 0 radical (unpaired) electrons. The molecule has 0 spiro atoms. The van der Waals surface area contributed by atoms with Gasteiger partial charge in [0.25, 0.3) is 0 Å². The predicted molar refractivity (Wildman–Crippen MR) is 87.6 cm³/mol. The molecule has 0 aromatic carbocycles. The van der Waals surface area contributed by atoms with Gasteiger partial charge in [0, 0.05) is 0 Å². The summed E-state index contributed by atoms with van der Waals surface area (Å²) in [5, 5.41) is 0. The molecule has 0 N–H and O–H groups in total. The Morgan fingerprint density at radius 2 is 1.40 bits per heavy atom. The minimum Gasteiger partial charge on any atom is -0.0622 e. The Morgan fingerprint density at radius 3 is 2.05 bits per heavy atom. The molecule has 0 heterocycles. The first-order valence-electron chi connectivity index (χ1n) is 9.46. The summed E-state index contributed by atoms with van der Waals surface area (Å²) in [4.78, 5) is 0. The number of fused-ring (bicyclic) bond motifs is 1. The van der Waals surface area contributed by atoms with E-state index >= 15 is 0 Å². The maximum atomic E-state index is 2.68. The summed E-state index contributed by atoms with van der Waals surface area (Å²) in [6, 6.07) is 0. The normalized spacial score (nSPS) is 56.5. The Balaban J connectivity index is 1.90. The molecule has 20 heavy (non-hydrogen) atoms. The van der Waals surface area contributed by atoms with Crippen LogP contribution in [-0.4, -0.2) is 0 Å². The molecule has 0 aromatic heterocycles. The highest BCUT2D eigenvalue weighted by molar-refractivity contribution is 5.02. The van der Waals surface area contributed by atoms with E-state index in [1.165, 1.54) is 44.9 Å². The highest BCUT2D eigenvalue weighted by Crippen LogP contribution is 2.61. The quantitative estimate of drug-likeness (QED) is 0.538.